The van der Waals surface area contributed by atoms with Crippen LogP contribution in [0.4, 0.5) is 11.4 Å². The fraction of sp³-hybridized carbons (Fsp3) is 0.125. The van der Waals surface area contributed by atoms with Gasteiger partial charge in [0.2, 0.25) is 0 Å². The normalized spacial score (nSPS) is 16.2. The number of furan rings is 1. The zero-order valence-electron chi connectivity index (χ0n) is 22.8. The van der Waals surface area contributed by atoms with Gasteiger partial charge >= 0.3 is 0 Å². The first kappa shape index (κ1) is 27.0. The third-order valence-corrected chi connectivity index (χ3v) is 7.36. The van der Waals surface area contributed by atoms with Crippen LogP contribution in [0.1, 0.15) is 29.1 Å². The predicted octanol–water partition coefficient (Wildman–Crippen LogP) is 7.54. The molecule has 3 aromatic carbocycles. The van der Waals surface area contributed by atoms with Crippen LogP contribution in [-0.4, -0.2) is 22.1 Å². The van der Waals surface area contributed by atoms with E-state index in [0.29, 0.717) is 33.7 Å². The van der Waals surface area contributed by atoms with E-state index in [1.54, 1.807) is 12.3 Å². The van der Waals surface area contributed by atoms with E-state index in [9.17, 15) is 10.1 Å². The number of pyridine rings is 1. The SMILES string of the molecule is COc1cc([N+](=O)[O-])ccc1-c1ccc([C@H]2[C@H](c3ccccn3)NC(=S)N2c2ccc(Oc3ccc(C)cc3)cc2)o1. The molecule has 0 saturated carbocycles. The van der Waals surface area contributed by atoms with Crippen molar-refractivity contribution in [3.05, 3.63) is 130 Å². The Balaban J connectivity index is 1.36. The smallest absolute Gasteiger partial charge is 0.273 e. The molecule has 1 fully saturated rings. The van der Waals surface area contributed by atoms with Gasteiger partial charge in [-0.25, -0.2) is 0 Å². The standard InChI is InChI=1S/C32H26N4O5S/c1-20-6-11-23(12-7-20)40-24-13-8-21(9-14-24)35-31(30(34-32(35)42)26-5-3-4-18-33-26)28-17-16-27(41-28)25-15-10-22(36(37)38)19-29(25)39-2/h3-19,30-31H,1-2H3,(H,34,42)/t30-,31-/m0/s1. The molecule has 1 aliphatic rings. The van der Waals surface area contributed by atoms with Crippen molar-refractivity contribution in [2.24, 2.45) is 0 Å². The Hall–Kier alpha value is -5.22. The highest BCUT2D eigenvalue weighted by Gasteiger charge is 2.42. The fourth-order valence-corrected chi connectivity index (χ4v) is 5.34. The number of rotatable bonds is 8. The van der Waals surface area contributed by atoms with E-state index in [-0.39, 0.29) is 17.8 Å². The summed E-state index contributed by atoms with van der Waals surface area (Å²) in [5.74, 6) is 2.94. The predicted molar refractivity (Wildman–Crippen MR) is 163 cm³/mol. The molecule has 0 radical (unpaired) electrons. The Morgan fingerprint density at radius 3 is 2.38 bits per heavy atom. The molecule has 0 aliphatic carbocycles. The number of thiocarbonyl (C=S) groups is 1. The van der Waals surface area contributed by atoms with Gasteiger partial charge in [0.15, 0.2) is 5.11 Å². The van der Waals surface area contributed by atoms with Crippen molar-refractivity contribution in [2.75, 3.05) is 12.0 Å². The van der Waals surface area contributed by atoms with Gasteiger partial charge in [-0.05, 0) is 85.9 Å². The zero-order chi connectivity index (χ0) is 29.2. The summed E-state index contributed by atoms with van der Waals surface area (Å²) < 4.78 is 17.9. The number of methoxy groups -OCH3 is 1. The lowest BCUT2D eigenvalue weighted by atomic mass is 10.0. The first-order valence-corrected chi connectivity index (χ1v) is 13.6. The highest BCUT2D eigenvalue weighted by Crippen LogP contribution is 2.44. The van der Waals surface area contributed by atoms with Crippen molar-refractivity contribution in [3.63, 3.8) is 0 Å². The Morgan fingerprint density at radius 2 is 1.71 bits per heavy atom. The second-order valence-corrected chi connectivity index (χ2v) is 10.1. The van der Waals surface area contributed by atoms with Crippen LogP contribution in [0.5, 0.6) is 17.2 Å². The van der Waals surface area contributed by atoms with E-state index in [1.165, 1.54) is 19.2 Å². The van der Waals surface area contributed by atoms with Gasteiger partial charge < -0.3 is 24.1 Å². The summed E-state index contributed by atoms with van der Waals surface area (Å²) in [6.45, 7) is 2.03. The molecule has 2 aromatic heterocycles. The molecule has 0 unspecified atom stereocenters. The topological polar surface area (TPSA) is 103 Å². The molecule has 10 heteroatoms. The van der Waals surface area contributed by atoms with Gasteiger partial charge in [0.25, 0.3) is 5.69 Å². The quantitative estimate of drug-likeness (QED) is 0.114. The van der Waals surface area contributed by atoms with Gasteiger partial charge in [-0.2, -0.15) is 0 Å². The molecule has 0 bridgehead atoms. The van der Waals surface area contributed by atoms with Crippen LogP contribution in [-0.2, 0) is 0 Å². The fourth-order valence-electron chi connectivity index (χ4n) is 4.99. The summed E-state index contributed by atoms with van der Waals surface area (Å²) in [5, 5.41) is 15.2. The maximum atomic E-state index is 11.3. The number of hydrogen-bond acceptors (Lipinski definition) is 7. The average Bonchev–Trinajstić information content (AvgIpc) is 3.63. The summed E-state index contributed by atoms with van der Waals surface area (Å²) in [6, 6.07) is 28.8. The van der Waals surface area contributed by atoms with Crippen molar-refractivity contribution in [2.45, 2.75) is 19.0 Å². The third-order valence-electron chi connectivity index (χ3n) is 7.05. The van der Waals surface area contributed by atoms with Crippen LogP contribution in [0, 0.1) is 17.0 Å². The van der Waals surface area contributed by atoms with Gasteiger partial charge in [-0.15, -0.1) is 0 Å². The number of hydrogen-bond donors (Lipinski definition) is 1. The minimum atomic E-state index is -0.461. The van der Waals surface area contributed by atoms with Crippen LogP contribution in [0.15, 0.2) is 108 Å². The van der Waals surface area contributed by atoms with Gasteiger partial charge in [-0.1, -0.05) is 23.8 Å². The van der Waals surface area contributed by atoms with Crippen molar-refractivity contribution in [1.82, 2.24) is 10.3 Å². The average molecular weight is 579 g/mol. The van der Waals surface area contributed by atoms with E-state index in [2.05, 4.69) is 10.3 Å². The lowest BCUT2D eigenvalue weighted by Gasteiger charge is -2.26. The van der Waals surface area contributed by atoms with Crippen molar-refractivity contribution < 1.29 is 18.8 Å². The Labute approximate surface area is 247 Å². The molecule has 1 aliphatic heterocycles. The van der Waals surface area contributed by atoms with Crippen molar-refractivity contribution in [1.29, 1.82) is 0 Å². The number of nitro benzene ring substituents is 1. The monoisotopic (exact) mass is 578 g/mol. The molecule has 6 rings (SSSR count). The van der Waals surface area contributed by atoms with E-state index in [4.69, 9.17) is 26.1 Å². The molecule has 42 heavy (non-hydrogen) atoms. The molecule has 2 atom stereocenters. The van der Waals surface area contributed by atoms with Gasteiger partial charge in [0.05, 0.1) is 35.4 Å². The highest BCUT2D eigenvalue weighted by molar-refractivity contribution is 7.80. The molecule has 1 N–H and O–H groups in total. The number of aromatic nitrogens is 1. The Bertz CT molecular complexity index is 1740. The summed E-state index contributed by atoms with van der Waals surface area (Å²) >= 11 is 5.84. The largest absolute Gasteiger partial charge is 0.496 e. The second kappa shape index (κ2) is 11.3. The van der Waals surface area contributed by atoms with Gasteiger partial charge in [0.1, 0.15) is 34.8 Å². The minimum absolute atomic E-state index is 0.0658. The van der Waals surface area contributed by atoms with Crippen LogP contribution in [0.2, 0.25) is 0 Å². The van der Waals surface area contributed by atoms with Gasteiger partial charge in [-0.3, -0.25) is 15.1 Å². The number of benzene rings is 3. The number of nitrogens with zero attached hydrogens (tertiary/aromatic N) is 3. The number of aryl methyl sites for hydroxylation is 1. The second-order valence-electron chi connectivity index (χ2n) is 9.75. The van der Waals surface area contributed by atoms with Crippen molar-refractivity contribution in [3.8, 4) is 28.6 Å². The Kier molecular flexibility index (Phi) is 7.28. The maximum absolute atomic E-state index is 11.3. The van der Waals surface area contributed by atoms with Crippen LogP contribution in [0.25, 0.3) is 11.3 Å². The number of anilines is 1. The van der Waals surface area contributed by atoms with Crippen LogP contribution >= 0.6 is 12.2 Å². The number of nitro groups is 1. The molecule has 0 spiro atoms. The number of nitrogens with one attached hydrogen (secondary N) is 1. The first-order valence-electron chi connectivity index (χ1n) is 13.2. The van der Waals surface area contributed by atoms with Gasteiger partial charge in [0, 0.05) is 18.0 Å². The molecule has 1 saturated heterocycles. The van der Waals surface area contributed by atoms with E-state index >= 15 is 0 Å². The third kappa shape index (κ3) is 5.27. The first-order chi connectivity index (χ1) is 20.4. The minimum Gasteiger partial charge on any atom is -0.496 e. The van der Waals surface area contributed by atoms with Crippen LogP contribution in [0.3, 0.4) is 0 Å². The molecule has 5 aromatic rings. The number of non-ortho nitro benzene ring substituents is 1. The Morgan fingerprint density at radius 1 is 0.976 bits per heavy atom. The zero-order valence-corrected chi connectivity index (χ0v) is 23.6. The summed E-state index contributed by atoms with van der Waals surface area (Å²) in [6.07, 6.45) is 1.74. The van der Waals surface area contributed by atoms with E-state index in [1.807, 2.05) is 90.7 Å². The summed E-state index contributed by atoms with van der Waals surface area (Å²) in [5.41, 5.74) is 3.34. The lowest BCUT2D eigenvalue weighted by molar-refractivity contribution is -0.384. The maximum Gasteiger partial charge on any atom is 0.273 e. The molecule has 0 amide bonds. The molecular formula is C32H26N4O5S. The van der Waals surface area contributed by atoms with Crippen LogP contribution < -0.4 is 19.7 Å². The molecule has 9 nitrogen and oxygen atoms in total. The molecule has 210 valence electrons. The number of ether oxygens (including phenoxy) is 2. The molecule has 3 heterocycles. The molecular weight excluding hydrogens is 552 g/mol. The lowest BCUT2D eigenvalue weighted by Crippen LogP contribution is -2.29. The highest BCUT2D eigenvalue weighted by atomic mass is 32.1. The van der Waals surface area contributed by atoms with E-state index < -0.39 is 4.92 Å². The van der Waals surface area contributed by atoms with E-state index in [0.717, 1.165) is 22.7 Å². The summed E-state index contributed by atoms with van der Waals surface area (Å²) in [4.78, 5) is 17.4. The van der Waals surface area contributed by atoms with Crippen molar-refractivity contribution >= 4 is 28.7 Å². The summed E-state index contributed by atoms with van der Waals surface area (Å²) in [7, 11) is 1.47.